The number of carboxylic acids is 1. The summed E-state index contributed by atoms with van der Waals surface area (Å²) in [6, 6.07) is 3.94. The van der Waals surface area contributed by atoms with E-state index in [0.717, 1.165) is 0 Å². The van der Waals surface area contributed by atoms with Gasteiger partial charge in [0.1, 0.15) is 27.4 Å². The third-order valence-corrected chi connectivity index (χ3v) is 9.22. The molecule has 16 heteroatoms. The topological polar surface area (TPSA) is 168 Å². The molecule has 2 aliphatic heterocycles. The summed E-state index contributed by atoms with van der Waals surface area (Å²) in [6.45, 7) is 2.57. The van der Waals surface area contributed by atoms with Crippen molar-refractivity contribution in [2.45, 2.75) is 34.9 Å². The third-order valence-electron chi connectivity index (χ3n) is 5.63. The second-order valence-electron chi connectivity index (χ2n) is 8.22. The molecule has 0 spiro atoms. The van der Waals surface area contributed by atoms with Crippen LogP contribution in [0.3, 0.4) is 0 Å². The molecule has 206 valence electrons. The molecule has 39 heavy (non-hydrogen) atoms. The Hall–Kier alpha value is -2.65. The molecular weight excluding hydrogens is 605 g/mol. The Labute approximate surface area is 246 Å². The van der Waals surface area contributed by atoms with Crippen molar-refractivity contribution in [2.24, 2.45) is 0 Å². The fraction of sp³-hybridized carbons (Fsp3) is 0.304. The van der Waals surface area contributed by atoms with Crippen LogP contribution in [-0.2, 0) is 20.9 Å². The fourth-order valence-electron chi connectivity index (χ4n) is 3.95. The van der Waals surface area contributed by atoms with Crippen LogP contribution in [0.4, 0.5) is 11.6 Å². The molecule has 2 atom stereocenters. The van der Waals surface area contributed by atoms with E-state index in [0.29, 0.717) is 45.3 Å². The van der Waals surface area contributed by atoms with Crippen LogP contribution < -0.4 is 21.4 Å². The summed E-state index contributed by atoms with van der Waals surface area (Å²) in [5.41, 5.74) is 12.2. The zero-order valence-electron chi connectivity index (χ0n) is 20.5. The number of anilines is 2. The zero-order valence-corrected chi connectivity index (χ0v) is 24.4. The number of pyridine rings is 1. The van der Waals surface area contributed by atoms with Crippen LogP contribution in [0.25, 0.3) is 0 Å². The molecule has 2 amide bonds. The van der Waals surface area contributed by atoms with Crippen LogP contribution in [0.1, 0.15) is 6.92 Å². The minimum absolute atomic E-state index is 0.0245. The van der Waals surface area contributed by atoms with Crippen molar-refractivity contribution < 1.29 is 24.1 Å². The third kappa shape index (κ3) is 6.74. The van der Waals surface area contributed by atoms with Crippen molar-refractivity contribution in [2.75, 3.05) is 28.7 Å². The van der Waals surface area contributed by atoms with Gasteiger partial charge in [-0.15, -0.1) is 23.5 Å². The van der Waals surface area contributed by atoms with Crippen LogP contribution in [0.5, 0.6) is 0 Å². The van der Waals surface area contributed by atoms with Crippen LogP contribution in [0.2, 0.25) is 10.3 Å². The molecule has 0 radical (unpaired) electrons. The van der Waals surface area contributed by atoms with Crippen LogP contribution in [0, 0.1) is 0 Å². The maximum absolute atomic E-state index is 12.9. The largest absolute Gasteiger partial charge is 0.477 e. The highest BCUT2D eigenvalue weighted by Gasteiger charge is 2.53. The predicted molar refractivity (Wildman–Crippen MR) is 153 cm³/mol. The number of nitrogens with two attached hydrogens (primary N) is 2. The number of amides is 2. The molecule has 6 N–H and O–H groups in total. The molecule has 4 rings (SSSR count). The first-order valence-electron chi connectivity index (χ1n) is 11.5. The molecular formula is C23H24Cl2N7O4S3+. The van der Waals surface area contributed by atoms with Gasteiger partial charge in [0, 0.05) is 16.4 Å². The number of nitrogens with zero attached hydrogens (tertiary/aromatic N) is 4. The van der Waals surface area contributed by atoms with Gasteiger partial charge in [0.05, 0.1) is 18.4 Å². The summed E-state index contributed by atoms with van der Waals surface area (Å²) in [5, 5.41) is 13.2. The summed E-state index contributed by atoms with van der Waals surface area (Å²) in [5.74, 6) is -0.350. The van der Waals surface area contributed by atoms with Crippen molar-refractivity contribution in [1.29, 1.82) is 0 Å². The second-order valence-corrected chi connectivity index (χ2v) is 12.1. The Morgan fingerprint density at radius 1 is 1.26 bits per heavy atom. The number of nitrogen functional groups attached to an aromatic ring is 2. The summed E-state index contributed by atoms with van der Waals surface area (Å²) in [4.78, 5) is 47.6. The predicted octanol–water partition coefficient (Wildman–Crippen LogP) is 2.43. The molecule has 2 aromatic rings. The van der Waals surface area contributed by atoms with Gasteiger partial charge in [0.25, 0.3) is 5.91 Å². The molecule has 0 saturated carbocycles. The first-order chi connectivity index (χ1) is 18.6. The number of allylic oxidation sites excluding steroid dienone is 1. The average molecular weight is 630 g/mol. The Morgan fingerprint density at radius 2 is 1.97 bits per heavy atom. The molecule has 11 nitrogen and oxygen atoms in total. The van der Waals surface area contributed by atoms with Crippen LogP contribution >= 0.6 is 58.5 Å². The number of rotatable bonds is 10. The average Bonchev–Trinajstić information content (AvgIpc) is 2.87. The van der Waals surface area contributed by atoms with Gasteiger partial charge in [-0.05, 0) is 36.4 Å². The minimum Gasteiger partial charge on any atom is -0.477 e. The number of nitrogens with one attached hydrogen (secondary N) is 1. The number of aromatic nitrogens is 3. The van der Waals surface area contributed by atoms with Crippen molar-refractivity contribution >= 4 is 87.9 Å². The van der Waals surface area contributed by atoms with E-state index in [1.165, 1.54) is 40.2 Å². The van der Waals surface area contributed by atoms with Gasteiger partial charge in [-0.1, -0.05) is 40.3 Å². The molecule has 4 heterocycles. The molecule has 0 bridgehead atoms. The van der Waals surface area contributed by atoms with E-state index in [1.807, 2.05) is 17.6 Å². The summed E-state index contributed by atoms with van der Waals surface area (Å²) >= 11 is 15.8. The quantitative estimate of drug-likeness (QED) is 0.100. The highest BCUT2D eigenvalue weighted by atomic mass is 35.5. The number of β-lactam (4-membered cyclic amide) rings is 1. The van der Waals surface area contributed by atoms with Gasteiger partial charge in [0.15, 0.2) is 0 Å². The van der Waals surface area contributed by atoms with E-state index in [-0.39, 0.29) is 27.7 Å². The van der Waals surface area contributed by atoms with Gasteiger partial charge >= 0.3 is 11.1 Å². The molecule has 1 unspecified atom stereocenters. The highest BCUT2D eigenvalue weighted by Crippen LogP contribution is 2.40. The fourth-order valence-corrected chi connectivity index (χ4v) is 7.53. The molecule has 1 fully saturated rings. The van der Waals surface area contributed by atoms with E-state index in [1.54, 1.807) is 24.3 Å². The van der Waals surface area contributed by atoms with Gasteiger partial charge in [0.2, 0.25) is 17.5 Å². The van der Waals surface area contributed by atoms with Gasteiger partial charge in [-0.3, -0.25) is 14.5 Å². The number of aliphatic carboxylic acids is 1. The number of halogens is 2. The van der Waals surface area contributed by atoms with Crippen molar-refractivity contribution in [3.8, 4) is 0 Å². The van der Waals surface area contributed by atoms with Gasteiger partial charge in [-0.2, -0.15) is 0 Å². The minimum atomic E-state index is -1.21. The number of fused-ring (bicyclic) bond motifs is 1. The molecule has 2 aliphatic rings. The maximum Gasteiger partial charge on any atom is 0.352 e. The van der Waals surface area contributed by atoms with Crippen LogP contribution in [-0.4, -0.2) is 66.4 Å². The van der Waals surface area contributed by atoms with E-state index in [4.69, 9.17) is 34.7 Å². The van der Waals surface area contributed by atoms with Crippen LogP contribution in [0.15, 0.2) is 51.7 Å². The molecule has 0 aliphatic carbocycles. The lowest BCUT2D eigenvalue weighted by molar-refractivity contribution is -0.719. The lowest BCUT2D eigenvalue weighted by Gasteiger charge is -2.49. The smallest absolute Gasteiger partial charge is 0.352 e. The Bertz CT molecular complexity index is 1370. The van der Waals surface area contributed by atoms with Gasteiger partial charge < -0.3 is 21.9 Å². The Kier molecular flexibility index (Phi) is 9.54. The number of carbonyl (C=O) groups is 3. The Morgan fingerprint density at radius 3 is 2.64 bits per heavy atom. The lowest BCUT2D eigenvalue weighted by atomic mass is 10.0. The number of thioether (sulfide) groups is 3. The van der Waals surface area contributed by atoms with Crippen molar-refractivity contribution in [3.63, 3.8) is 0 Å². The lowest BCUT2D eigenvalue weighted by Crippen LogP contribution is -2.70. The summed E-state index contributed by atoms with van der Waals surface area (Å²) in [7, 11) is 0. The van der Waals surface area contributed by atoms with Crippen molar-refractivity contribution in [1.82, 2.24) is 20.2 Å². The first kappa shape index (κ1) is 29.3. The first-order valence-corrected chi connectivity index (χ1v) is 15.3. The van der Waals surface area contributed by atoms with Gasteiger partial charge in [-0.25, -0.2) is 14.3 Å². The molecule has 2 aromatic heterocycles. The summed E-state index contributed by atoms with van der Waals surface area (Å²) in [6.07, 6.45) is 3.51. The SMILES string of the molecule is CC[n+]1c(N)cc(N)nc1SC/C=C/C1=C(C(=O)O)N2C(=O)[C@@H](NC(=O)CSc3cc(Cl)nc(Cl)c3)C2SC1. The van der Waals surface area contributed by atoms with E-state index >= 15 is 0 Å². The standard InChI is InChI=1S/C23H23Cl2N7O4S3/c1-2-31-16(27)8-15(26)29-23(31)37-5-3-4-11-9-39-21-18(20(34)32(21)19(11)22(35)36)30-17(33)10-38-12-6-13(24)28-14(25)7-12/h3-4,6-8,18,21H,2,5,9-10H2,1H3,(H5,26,27,30,33,35,36)/p+1/b4-3+/t18-,21?/m1/s1. The zero-order chi connectivity index (χ0) is 28.3. The summed E-state index contributed by atoms with van der Waals surface area (Å²) < 4.78 is 1.82. The highest BCUT2D eigenvalue weighted by molar-refractivity contribution is 8.00. The Balaban J connectivity index is 1.38. The normalized spacial score (nSPS) is 18.7. The second kappa shape index (κ2) is 12.7. The molecule has 1 saturated heterocycles. The molecule has 0 aromatic carbocycles. The number of hydrogen-bond donors (Lipinski definition) is 4. The number of carboxylic acid groups (broad SMARTS) is 1. The van der Waals surface area contributed by atoms with Crippen molar-refractivity contribution in [3.05, 3.63) is 51.9 Å². The van der Waals surface area contributed by atoms with E-state index in [9.17, 15) is 19.5 Å². The monoisotopic (exact) mass is 628 g/mol. The number of carbonyl (C=O) groups excluding carboxylic acids is 2. The van der Waals surface area contributed by atoms with E-state index in [2.05, 4.69) is 15.3 Å². The van der Waals surface area contributed by atoms with E-state index < -0.39 is 23.3 Å². The number of hydrogen-bond acceptors (Lipinski definition) is 10. The maximum atomic E-state index is 12.9.